The zero-order valence-corrected chi connectivity index (χ0v) is 18.9. The molecule has 2 amide bonds. The molecular formula is C24H18F3N7O2. The van der Waals surface area contributed by atoms with E-state index in [0.29, 0.717) is 12.0 Å². The van der Waals surface area contributed by atoms with Crippen molar-refractivity contribution in [2.45, 2.75) is 38.1 Å². The van der Waals surface area contributed by atoms with Crippen molar-refractivity contribution in [3.8, 4) is 11.5 Å². The number of nitrogens with zero attached hydrogens (tertiary/aromatic N) is 5. The number of carbonyl (C=O) groups is 2. The minimum atomic E-state index is -0.766. The first-order valence-electron chi connectivity index (χ1n) is 11.2. The molecule has 0 aliphatic carbocycles. The minimum Gasteiger partial charge on any atom is -0.310 e. The van der Waals surface area contributed by atoms with Crippen LogP contribution in [0.15, 0.2) is 30.5 Å². The van der Waals surface area contributed by atoms with Gasteiger partial charge in [-0.15, -0.1) is 0 Å². The van der Waals surface area contributed by atoms with E-state index in [4.69, 9.17) is 0 Å². The van der Waals surface area contributed by atoms with Crippen molar-refractivity contribution >= 4 is 34.5 Å². The molecule has 1 aromatic carbocycles. The highest BCUT2D eigenvalue weighted by Gasteiger charge is 2.42. The van der Waals surface area contributed by atoms with E-state index in [1.165, 1.54) is 16.8 Å². The van der Waals surface area contributed by atoms with Gasteiger partial charge in [0, 0.05) is 29.4 Å². The number of nitrogens with one attached hydrogen (secondary N) is 2. The molecule has 0 bridgehead atoms. The minimum absolute atomic E-state index is 0.0133. The van der Waals surface area contributed by atoms with Crippen molar-refractivity contribution in [3.63, 3.8) is 0 Å². The van der Waals surface area contributed by atoms with E-state index in [1.54, 1.807) is 0 Å². The molecule has 4 aromatic rings. The normalized spacial score (nSPS) is 19.0. The van der Waals surface area contributed by atoms with Crippen LogP contribution in [0.1, 0.15) is 37.3 Å². The Morgan fingerprint density at radius 1 is 1.06 bits per heavy atom. The van der Waals surface area contributed by atoms with Gasteiger partial charge in [-0.3, -0.25) is 9.59 Å². The van der Waals surface area contributed by atoms with Crippen molar-refractivity contribution < 1.29 is 22.8 Å². The van der Waals surface area contributed by atoms with Crippen LogP contribution in [0.4, 0.5) is 24.8 Å². The maximum atomic E-state index is 14.3. The summed E-state index contributed by atoms with van der Waals surface area (Å²) in [7, 11) is 0. The van der Waals surface area contributed by atoms with Gasteiger partial charge in [-0.25, -0.2) is 32.8 Å². The highest BCUT2D eigenvalue weighted by atomic mass is 19.1. The van der Waals surface area contributed by atoms with Gasteiger partial charge in [0.25, 0.3) is 0 Å². The summed E-state index contributed by atoms with van der Waals surface area (Å²) in [6.45, 7) is 1.56. The Morgan fingerprint density at radius 2 is 1.75 bits per heavy atom. The number of halogens is 3. The fraction of sp³-hybridized carbons (Fsp3) is 0.250. The molecule has 6 rings (SSSR count). The lowest BCUT2D eigenvalue weighted by molar-refractivity contribution is -0.119. The lowest BCUT2D eigenvalue weighted by Gasteiger charge is -2.34. The third kappa shape index (κ3) is 3.48. The number of hydrogen-bond donors (Lipinski definition) is 2. The van der Waals surface area contributed by atoms with Crippen LogP contribution >= 0.6 is 0 Å². The van der Waals surface area contributed by atoms with Crippen molar-refractivity contribution in [1.82, 2.24) is 24.7 Å². The summed E-state index contributed by atoms with van der Waals surface area (Å²) in [5.41, 5.74) is -0.0553. The van der Waals surface area contributed by atoms with E-state index in [1.807, 2.05) is 6.92 Å². The fourth-order valence-electron chi connectivity index (χ4n) is 4.88. The second-order valence-corrected chi connectivity index (χ2v) is 9.18. The van der Waals surface area contributed by atoms with Crippen LogP contribution in [0.3, 0.4) is 0 Å². The monoisotopic (exact) mass is 493 g/mol. The average molecular weight is 493 g/mol. The number of amides is 2. The third-order valence-corrected chi connectivity index (χ3v) is 6.62. The molecule has 2 N–H and O–H groups in total. The van der Waals surface area contributed by atoms with E-state index in [0.717, 1.165) is 18.3 Å². The van der Waals surface area contributed by atoms with Gasteiger partial charge < -0.3 is 10.6 Å². The zero-order valence-electron chi connectivity index (χ0n) is 18.9. The number of fused-ring (bicyclic) bond motifs is 1. The number of aromatic nitrogens is 5. The quantitative estimate of drug-likeness (QED) is 0.450. The Balaban J connectivity index is 1.56. The van der Waals surface area contributed by atoms with Crippen LogP contribution in [0.2, 0.25) is 0 Å². The van der Waals surface area contributed by atoms with Crippen LogP contribution in [0.5, 0.6) is 0 Å². The molecule has 0 saturated heterocycles. The van der Waals surface area contributed by atoms with Crippen LogP contribution in [0, 0.1) is 17.5 Å². The van der Waals surface area contributed by atoms with Gasteiger partial charge in [0.05, 0.1) is 18.1 Å². The molecule has 36 heavy (non-hydrogen) atoms. The Labute approximate surface area is 201 Å². The Bertz CT molecular complexity index is 1580. The molecule has 9 nitrogen and oxygen atoms in total. The first kappa shape index (κ1) is 22.1. The largest absolute Gasteiger partial charge is 0.310 e. The first-order chi connectivity index (χ1) is 17.2. The van der Waals surface area contributed by atoms with E-state index in [9.17, 15) is 22.8 Å². The number of benzene rings is 1. The number of hydrogen-bond acceptors (Lipinski definition) is 6. The van der Waals surface area contributed by atoms with Gasteiger partial charge in [-0.2, -0.15) is 5.10 Å². The molecule has 182 valence electrons. The standard InChI is InChI=1S/C24H18F3N7O2/c1-24-6-5-16(35)29-20-18(24)21(30-17(36)8-24)32-22(31-20)19-12-7-11(25)9-28-23(12)34(33-19)10-13-14(26)3-2-4-15(13)27/h2-4,7,9H,5-6,8,10H2,1H3,(H2,29,30,31,32,35,36)/t24-/m1/s1. The van der Waals surface area contributed by atoms with Gasteiger partial charge >= 0.3 is 0 Å². The van der Waals surface area contributed by atoms with Gasteiger partial charge in [-0.05, 0) is 24.6 Å². The lowest BCUT2D eigenvalue weighted by atomic mass is 9.74. The van der Waals surface area contributed by atoms with Crippen LogP contribution in [-0.2, 0) is 21.5 Å². The summed E-state index contributed by atoms with van der Waals surface area (Å²) in [5.74, 6) is -2.27. The fourth-order valence-corrected chi connectivity index (χ4v) is 4.88. The Morgan fingerprint density at radius 3 is 2.47 bits per heavy atom. The summed E-state index contributed by atoms with van der Waals surface area (Å²) < 4.78 is 44.1. The molecule has 12 heteroatoms. The highest BCUT2D eigenvalue weighted by Crippen LogP contribution is 2.46. The molecule has 5 heterocycles. The SMILES string of the molecule is C[C@]12CCC(=O)Nc3nc(-c4nn(Cc5c(F)cccc5F)c5ncc(F)cc45)nc(c31)NC(=O)C2. The maximum Gasteiger partial charge on any atom is 0.226 e. The number of anilines is 2. The van der Waals surface area contributed by atoms with Gasteiger partial charge in [0.15, 0.2) is 11.5 Å². The third-order valence-electron chi connectivity index (χ3n) is 6.62. The van der Waals surface area contributed by atoms with Crippen molar-refractivity contribution in [2.75, 3.05) is 10.6 Å². The predicted octanol–water partition coefficient (Wildman–Crippen LogP) is 3.69. The van der Waals surface area contributed by atoms with Gasteiger partial charge in [0.2, 0.25) is 11.8 Å². The van der Waals surface area contributed by atoms with Crippen molar-refractivity contribution in [1.29, 1.82) is 0 Å². The maximum absolute atomic E-state index is 14.3. The molecular weight excluding hydrogens is 475 g/mol. The van der Waals surface area contributed by atoms with E-state index in [2.05, 4.69) is 30.7 Å². The molecule has 1 atom stereocenters. The summed E-state index contributed by atoms with van der Waals surface area (Å²) in [4.78, 5) is 38.0. The number of pyridine rings is 1. The number of rotatable bonds is 3. The molecule has 2 aliphatic heterocycles. The van der Waals surface area contributed by atoms with Gasteiger partial charge in [0.1, 0.15) is 34.8 Å². The van der Waals surface area contributed by atoms with Crippen molar-refractivity contribution in [2.24, 2.45) is 0 Å². The van der Waals surface area contributed by atoms with Gasteiger partial charge in [-0.1, -0.05) is 13.0 Å². The zero-order chi connectivity index (χ0) is 25.2. The van der Waals surface area contributed by atoms with Crippen LogP contribution < -0.4 is 10.6 Å². The summed E-state index contributed by atoms with van der Waals surface area (Å²) in [6.07, 6.45) is 1.78. The second-order valence-electron chi connectivity index (χ2n) is 9.18. The summed E-state index contributed by atoms with van der Waals surface area (Å²) in [6, 6.07) is 4.67. The molecule has 2 aliphatic rings. The lowest BCUT2D eigenvalue weighted by Crippen LogP contribution is -2.35. The highest BCUT2D eigenvalue weighted by molar-refractivity contribution is 6.00. The summed E-state index contributed by atoms with van der Waals surface area (Å²) in [5, 5.41) is 10.1. The average Bonchev–Trinajstić information content (AvgIpc) is 3.10. The van der Waals surface area contributed by atoms with E-state index < -0.39 is 22.9 Å². The molecule has 3 aromatic heterocycles. The van der Waals surface area contributed by atoms with Crippen molar-refractivity contribution in [3.05, 3.63) is 59.0 Å². The molecule has 0 fully saturated rings. The topological polar surface area (TPSA) is 115 Å². The first-order valence-corrected chi connectivity index (χ1v) is 11.2. The smallest absolute Gasteiger partial charge is 0.226 e. The Hall–Kier alpha value is -4.35. The molecule has 0 radical (unpaired) electrons. The molecule has 0 saturated carbocycles. The molecule has 0 spiro atoms. The predicted molar refractivity (Wildman–Crippen MR) is 122 cm³/mol. The summed E-state index contributed by atoms with van der Waals surface area (Å²) >= 11 is 0. The van der Waals surface area contributed by atoms with E-state index in [-0.39, 0.29) is 71.0 Å². The number of carbonyl (C=O) groups excluding carboxylic acids is 2. The van der Waals surface area contributed by atoms with Crippen LogP contribution in [0.25, 0.3) is 22.6 Å². The second kappa shape index (κ2) is 7.83. The van der Waals surface area contributed by atoms with Crippen LogP contribution in [-0.4, -0.2) is 36.5 Å². The van der Waals surface area contributed by atoms with E-state index >= 15 is 0 Å². The molecule has 0 unspecified atom stereocenters. The Kier molecular flexibility index (Phi) is 4.82.